The van der Waals surface area contributed by atoms with Crippen molar-refractivity contribution in [3.63, 3.8) is 0 Å². The average Bonchev–Trinajstić information content (AvgIpc) is 3.08. The van der Waals surface area contributed by atoms with Gasteiger partial charge in [-0.2, -0.15) is 0 Å². The van der Waals surface area contributed by atoms with Gasteiger partial charge in [0.25, 0.3) is 5.91 Å². The van der Waals surface area contributed by atoms with Crippen molar-refractivity contribution in [2.24, 2.45) is 0 Å². The number of carbonyl (C=O) groups is 1. The quantitative estimate of drug-likeness (QED) is 0.563. The topological polar surface area (TPSA) is 90.6 Å². The molecule has 1 aromatic carbocycles. The van der Waals surface area contributed by atoms with Crippen molar-refractivity contribution in [1.82, 2.24) is 19.4 Å². The Hall–Kier alpha value is -3.94. The molecule has 0 aliphatic carbocycles. The number of fused-ring (bicyclic) bond motifs is 1. The first kappa shape index (κ1) is 18.4. The predicted octanol–water partition coefficient (Wildman–Crippen LogP) is 3.37. The molecule has 4 rings (SSSR count). The van der Waals surface area contributed by atoms with Crippen molar-refractivity contribution in [2.75, 3.05) is 19.5 Å². The molecule has 4 aromatic rings. The number of rotatable bonds is 5. The van der Waals surface area contributed by atoms with Crippen LogP contribution in [0.3, 0.4) is 0 Å². The molecular weight excluding hydrogens is 370 g/mol. The van der Waals surface area contributed by atoms with E-state index >= 15 is 0 Å². The van der Waals surface area contributed by atoms with Gasteiger partial charge < -0.3 is 9.47 Å². The molecule has 0 bridgehead atoms. The summed E-state index contributed by atoms with van der Waals surface area (Å²) >= 11 is 0. The number of pyridine rings is 1. The Morgan fingerprint density at radius 3 is 2.48 bits per heavy atom. The molecule has 3 aromatic heterocycles. The summed E-state index contributed by atoms with van der Waals surface area (Å²) in [5, 5.41) is 2.73. The van der Waals surface area contributed by atoms with Crippen molar-refractivity contribution in [2.45, 2.75) is 6.92 Å². The second-order valence-corrected chi connectivity index (χ2v) is 6.23. The molecule has 0 atom stereocenters. The first-order valence-corrected chi connectivity index (χ1v) is 8.92. The van der Waals surface area contributed by atoms with Crippen LogP contribution in [0.2, 0.25) is 0 Å². The number of aryl methyl sites for hydroxylation is 1. The van der Waals surface area contributed by atoms with Gasteiger partial charge in [-0.3, -0.25) is 14.5 Å². The van der Waals surface area contributed by atoms with Crippen LogP contribution in [0.25, 0.3) is 17.0 Å². The van der Waals surface area contributed by atoms with E-state index in [0.717, 1.165) is 17.0 Å². The number of benzene rings is 1. The fourth-order valence-electron chi connectivity index (χ4n) is 3.21. The molecule has 1 N–H and O–H groups in total. The van der Waals surface area contributed by atoms with E-state index in [1.54, 1.807) is 30.5 Å². The summed E-state index contributed by atoms with van der Waals surface area (Å²) in [6.45, 7) is 1.92. The van der Waals surface area contributed by atoms with Crippen molar-refractivity contribution in [1.29, 1.82) is 0 Å². The lowest BCUT2D eigenvalue weighted by Crippen LogP contribution is -2.16. The lowest BCUT2D eigenvalue weighted by atomic mass is 10.1. The molecule has 146 valence electrons. The summed E-state index contributed by atoms with van der Waals surface area (Å²) in [5.74, 6) is 0.545. The Morgan fingerprint density at radius 2 is 1.76 bits per heavy atom. The number of hydrogen-bond acceptors (Lipinski definition) is 6. The molecule has 0 unspecified atom stereocenters. The largest absolute Gasteiger partial charge is 0.496 e. The maximum atomic E-state index is 12.9. The number of imidazole rings is 1. The van der Waals surface area contributed by atoms with Gasteiger partial charge in [-0.05, 0) is 37.3 Å². The summed E-state index contributed by atoms with van der Waals surface area (Å²) in [6, 6.07) is 12.7. The number of ether oxygens (including phenoxy) is 2. The van der Waals surface area contributed by atoms with Crippen molar-refractivity contribution < 1.29 is 14.3 Å². The van der Waals surface area contributed by atoms with Gasteiger partial charge in [0.2, 0.25) is 5.95 Å². The Labute approximate surface area is 167 Å². The third-order valence-electron chi connectivity index (χ3n) is 4.48. The van der Waals surface area contributed by atoms with Crippen LogP contribution in [-0.4, -0.2) is 39.5 Å². The van der Waals surface area contributed by atoms with Crippen LogP contribution in [0.1, 0.15) is 16.1 Å². The van der Waals surface area contributed by atoms with Crippen LogP contribution < -0.4 is 14.8 Å². The summed E-state index contributed by atoms with van der Waals surface area (Å²) in [6.07, 6.45) is 3.52. The molecule has 8 heteroatoms. The van der Waals surface area contributed by atoms with E-state index in [9.17, 15) is 4.79 Å². The Kier molecular flexibility index (Phi) is 4.82. The molecule has 0 fully saturated rings. The van der Waals surface area contributed by atoms with Gasteiger partial charge in [0, 0.05) is 12.4 Å². The van der Waals surface area contributed by atoms with E-state index in [4.69, 9.17) is 9.47 Å². The zero-order chi connectivity index (χ0) is 20.4. The van der Waals surface area contributed by atoms with Gasteiger partial charge in [0.1, 0.15) is 22.7 Å². The maximum Gasteiger partial charge on any atom is 0.265 e. The first-order valence-electron chi connectivity index (χ1n) is 8.92. The Morgan fingerprint density at radius 1 is 1.00 bits per heavy atom. The predicted molar refractivity (Wildman–Crippen MR) is 108 cm³/mol. The zero-order valence-electron chi connectivity index (χ0n) is 16.2. The van der Waals surface area contributed by atoms with E-state index in [1.165, 1.54) is 14.2 Å². The molecule has 29 heavy (non-hydrogen) atoms. The van der Waals surface area contributed by atoms with Crippen LogP contribution in [0, 0.1) is 6.92 Å². The minimum absolute atomic E-state index is 0.172. The standard InChI is InChI=1S/C21H19N5O3/c1-13-19(26-12-5-4-9-17(26)23-13)14-10-11-22-21(24-14)25-20(27)18-15(28-2)7-6-8-16(18)29-3/h4-12H,1-3H3,(H,22,24,25,27). The van der Waals surface area contributed by atoms with Gasteiger partial charge in [-0.1, -0.05) is 12.1 Å². The molecule has 0 aliphatic rings. The lowest BCUT2D eigenvalue weighted by Gasteiger charge is -2.12. The highest BCUT2D eigenvalue weighted by Crippen LogP contribution is 2.29. The molecular formula is C21H19N5O3. The van der Waals surface area contributed by atoms with Crippen LogP contribution in [0.5, 0.6) is 11.5 Å². The number of nitrogens with one attached hydrogen (secondary N) is 1. The molecule has 0 aliphatic heterocycles. The van der Waals surface area contributed by atoms with E-state index in [1.807, 2.05) is 35.7 Å². The van der Waals surface area contributed by atoms with Crippen molar-refractivity contribution >= 4 is 17.5 Å². The molecule has 0 saturated heterocycles. The molecule has 3 heterocycles. The summed E-state index contributed by atoms with van der Waals surface area (Å²) < 4.78 is 12.6. The SMILES string of the molecule is COc1cccc(OC)c1C(=O)Nc1nccc(-c2c(C)nc3ccccn23)n1. The molecule has 1 amide bonds. The lowest BCUT2D eigenvalue weighted by molar-refractivity contribution is 0.102. The molecule has 0 saturated carbocycles. The number of hydrogen-bond donors (Lipinski definition) is 1. The summed E-state index contributed by atoms with van der Waals surface area (Å²) in [4.78, 5) is 26.1. The van der Waals surface area contributed by atoms with Gasteiger partial charge in [0.05, 0.1) is 31.3 Å². The highest BCUT2D eigenvalue weighted by atomic mass is 16.5. The van der Waals surface area contributed by atoms with Crippen molar-refractivity contribution in [3.8, 4) is 22.9 Å². The van der Waals surface area contributed by atoms with Gasteiger partial charge in [-0.25, -0.2) is 15.0 Å². The second kappa shape index (κ2) is 7.59. The minimum Gasteiger partial charge on any atom is -0.496 e. The summed E-state index contributed by atoms with van der Waals surface area (Å²) in [5.41, 5.74) is 3.42. The van der Waals surface area contributed by atoms with Crippen LogP contribution in [0.15, 0.2) is 54.9 Å². The minimum atomic E-state index is -0.425. The molecule has 0 spiro atoms. The summed E-state index contributed by atoms with van der Waals surface area (Å²) in [7, 11) is 2.99. The van der Waals surface area contributed by atoms with Gasteiger partial charge in [0.15, 0.2) is 0 Å². The first-order chi connectivity index (χ1) is 14.1. The third-order valence-corrected chi connectivity index (χ3v) is 4.48. The number of nitrogens with zero attached hydrogens (tertiary/aromatic N) is 4. The third kappa shape index (κ3) is 3.36. The van der Waals surface area contributed by atoms with Crippen molar-refractivity contribution in [3.05, 3.63) is 66.1 Å². The Balaban J connectivity index is 1.70. The normalized spacial score (nSPS) is 10.7. The van der Waals surface area contributed by atoms with Crippen LogP contribution >= 0.6 is 0 Å². The number of amides is 1. The second-order valence-electron chi connectivity index (χ2n) is 6.23. The molecule has 8 nitrogen and oxygen atoms in total. The average molecular weight is 389 g/mol. The zero-order valence-corrected chi connectivity index (χ0v) is 16.2. The molecule has 0 radical (unpaired) electrons. The number of carbonyl (C=O) groups excluding carboxylic acids is 1. The van der Waals surface area contributed by atoms with Crippen LogP contribution in [-0.2, 0) is 0 Å². The van der Waals surface area contributed by atoms with E-state index in [0.29, 0.717) is 17.2 Å². The van der Waals surface area contributed by atoms with Crippen LogP contribution in [0.4, 0.5) is 5.95 Å². The smallest absolute Gasteiger partial charge is 0.265 e. The maximum absolute atomic E-state index is 12.9. The Bertz CT molecular complexity index is 1180. The van der Waals surface area contributed by atoms with Gasteiger partial charge in [-0.15, -0.1) is 0 Å². The number of methoxy groups -OCH3 is 2. The highest BCUT2D eigenvalue weighted by molar-refractivity contribution is 6.07. The fourth-order valence-corrected chi connectivity index (χ4v) is 3.21. The number of aromatic nitrogens is 4. The van der Waals surface area contributed by atoms with E-state index in [2.05, 4.69) is 20.3 Å². The highest BCUT2D eigenvalue weighted by Gasteiger charge is 2.20. The fraction of sp³-hybridized carbons (Fsp3) is 0.143. The number of anilines is 1. The van der Waals surface area contributed by atoms with Gasteiger partial charge >= 0.3 is 0 Å². The van der Waals surface area contributed by atoms with E-state index in [-0.39, 0.29) is 11.5 Å². The van der Waals surface area contributed by atoms with E-state index < -0.39 is 5.91 Å². The monoisotopic (exact) mass is 389 g/mol.